The van der Waals surface area contributed by atoms with E-state index in [0.29, 0.717) is 12.1 Å². The van der Waals surface area contributed by atoms with Gasteiger partial charge in [0.05, 0.1) is 17.8 Å². The summed E-state index contributed by atoms with van der Waals surface area (Å²) >= 11 is 0. The van der Waals surface area contributed by atoms with Gasteiger partial charge >= 0.3 is 0 Å². The van der Waals surface area contributed by atoms with Crippen molar-refractivity contribution in [3.63, 3.8) is 0 Å². The number of nitrogens with zero attached hydrogens (tertiary/aromatic N) is 1. The summed E-state index contributed by atoms with van der Waals surface area (Å²) in [4.78, 5) is 32.5. The highest BCUT2D eigenvalue weighted by Gasteiger charge is 2.44. The number of ether oxygens (including phenoxy) is 1. The molecule has 3 atom stereocenters. The van der Waals surface area contributed by atoms with Crippen molar-refractivity contribution in [2.45, 2.75) is 38.0 Å². The van der Waals surface area contributed by atoms with Crippen LogP contribution in [-0.4, -0.2) is 47.0 Å². The first-order chi connectivity index (χ1) is 17.6. The van der Waals surface area contributed by atoms with Crippen LogP contribution < -0.4 is 5.32 Å². The molecule has 182 valence electrons. The third-order valence-corrected chi connectivity index (χ3v) is 7.41. The lowest BCUT2D eigenvalue weighted by Crippen LogP contribution is -2.48. The van der Waals surface area contributed by atoms with Gasteiger partial charge in [-0.25, -0.2) is 0 Å². The molecule has 6 rings (SSSR count). The van der Waals surface area contributed by atoms with Crippen molar-refractivity contribution in [3.8, 4) is 11.3 Å². The molecule has 2 aliphatic heterocycles. The van der Waals surface area contributed by atoms with Gasteiger partial charge in [-0.2, -0.15) is 0 Å². The number of benzene rings is 3. The first-order valence-corrected chi connectivity index (χ1v) is 12.6. The van der Waals surface area contributed by atoms with Gasteiger partial charge < -0.3 is 19.9 Å². The fourth-order valence-electron chi connectivity index (χ4n) is 5.60. The van der Waals surface area contributed by atoms with E-state index in [9.17, 15) is 9.59 Å². The zero-order valence-electron chi connectivity index (χ0n) is 20.2. The van der Waals surface area contributed by atoms with E-state index in [-0.39, 0.29) is 17.9 Å². The van der Waals surface area contributed by atoms with Gasteiger partial charge in [0.25, 0.3) is 5.91 Å². The Balaban J connectivity index is 1.46. The lowest BCUT2D eigenvalue weighted by Gasteiger charge is -2.31. The minimum absolute atomic E-state index is 0.0433. The van der Waals surface area contributed by atoms with Gasteiger partial charge in [0.1, 0.15) is 6.04 Å². The molecule has 36 heavy (non-hydrogen) atoms. The molecular formula is C30H29N3O3. The van der Waals surface area contributed by atoms with Gasteiger partial charge in [0.15, 0.2) is 0 Å². The standard InChI is InChI=1S/C30H29N3O3/c1-19(29(34)31-18-21-12-9-17-36-21)33-28(22-13-5-6-14-23(22)30(33)35)26-24-15-7-8-16-25(24)32-27(26)20-10-3-2-4-11-20/h2-8,10-11,13-16,19,21,28,32H,9,12,17-18H2,1H3,(H,31,34). The Hall–Kier alpha value is -3.90. The molecule has 0 spiro atoms. The minimum atomic E-state index is -0.659. The monoisotopic (exact) mass is 479 g/mol. The molecule has 1 aromatic heterocycles. The van der Waals surface area contributed by atoms with Crippen LogP contribution in [0.5, 0.6) is 0 Å². The lowest BCUT2D eigenvalue weighted by molar-refractivity contribution is -0.126. The molecule has 0 radical (unpaired) electrons. The molecule has 1 saturated heterocycles. The van der Waals surface area contributed by atoms with E-state index in [1.165, 1.54) is 0 Å². The van der Waals surface area contributed by atoms with Crippen LogP contribution in [0.2, 0.25) is 0 Å². The Morgan fingerprint density at radius 1 is 1.06 bits per heavy atom. The molecule has 3 aromatic carbocycles. The topological polar surface area (TPSA) is 74.4 Å². The summed E-state index contributed by atoms with van der Waals surface area (Å²) in [5, 5.41) is 4.08. The number of H-pyrrole nitrogens is 1. The average molecular weight is 480 g/mol. The highest BCUT2D eigenvalue weighted by atomic mass is 16.5. The van der Waals surface area contributed by atoms with Gasteiger partial charge in [-0.3, -0.25) is 9.59 Å². The smallest absolute Gasteiger partial charge is 0.255 e. The Morgan fingerprint density at radius 2 is 1.81 bits per heavy atom. The molecule has 6 heteroatoms. The molecule has 0 saturated carbocycles. The second-order valence-corrected chi connectivity index (χ2v) is 9.58. The van der Waals surface area contributed by atoms with Crippen LogP contribution in [0.1, 0.15) is 47.3 Å². The molecule has 2 N–H and O–H groups in total. The van der Waals surface area contributed by atoms with E-state index in [1.807, 2.05) is 61.5 Å². The Bertz CT molecular complexity index is 1420. The zero-order valence-corrected chi connectivity index (χ0v) is 20.2. The van der Waals surface area contributed by atoms with Crippen molar-refractivity contribution in [1.82, 2.24) is 15.2 Å². The Labute approximate surface area is 210 Å². The van der Waals surface area contributed by atoms with Gasteiger partial charge in [-0.15, -0.1) is 0 Å². The quantitative estimate of drug-likeness (QED) is 0.406. The number of rotatable bonds is 6. The van der Waals surface area contributed by atoms with Crippen molar-refractivity contribution < 1.29 is 14.3 Å². The van der Waals surface area contributed by atoms with Crippen molar-refractivity contribution in [3.05, 3.63) is 95.6 Å². The SMILES string of the molecule is CC(C(=O)NCC1CCCO1)N1C(=O)c2ccccc2C1c1c(-c2ccccc2)[nH]c2ccccc12. The van der Waals surface area contributed by atoms with E-state index in [0.717, 1.165) is 52.7 Å². The van der Waals surface area contributed by atoms with Gasteiger partial charge in [-0.05, 0) is 43.0 Å². The maximum atomic E-state index is 13.8. The van der Waals surface area contributed by atoms with E-state index < -0.39 is 12.1 Å². The molecule has 6 nitrogen and oxygen atoms in total. The number of hydrogen-bond donors (Lipinski definition) is 2. The molecule has 4 aromatic rings. The molecule has 0 bridgehead atoms. The van der Waals surface area contributed by atoms with Crippen molar-refractivity contribution in [1.29, 1.82) is 0 Å². The third-order valence-electron chi connectivity index (χ3n) is 7.41. The highest BCUT2D eigenvalue weighted by molar-refractivity contribution is 6.04. The largest absolute Gasteiger partial charge is 0.376 e. The minimum Gasteiger partial charge on any atom is -0.376 e. The maximum Gasteiger partial charge on any atom is 0.255 e. The first kappa shape index (κ1) is 22.6. The Kier molecular flexibility index (Phi) is 5.82. The van der Waals surface area contributed by atoms with E-state index in [4.69, 9.17) is 4.74 Å². The fourth-order valence-corrected chi connectivity index (χ4v) is 5.60. The summed E-state index contributed by atoms with van der Waals surface area (Å²) in [6.45, 7) is 3.02. The number of para-hydroxylation sites is 1. The molecule has 2 aliphatic rings. The number of carbonyl (C=O) groups is 2. The van der Waals surface area contributed by atoms with Crippen LogP contribution in [-0.2, 0) is 9.53 Å². The molecular weight excluding hydrogens is 450 g/mol. The Morgan fingerprint density at radius 3 is 2.61 bits per heavy atom. The van der Waals surface area contributed by atoms with Crippen LogP contribution in [0, 0.1) is 0 Å². The van der Waals surface area contributed by atoms with Crippen molar-refractivity contribution in [2.75, 3.05) is 13.2 Å². The predicted octanol–water partition coefficient (Wildman–Crippen LogP) is 5.06. The van der Waals surface area contributed by atoms with E-state index in [1.54, 1.807) is 4.90 Å². The van der Waals surface area contributed by atoms with Crippen LogP contribution in [0.3, 0.4) is 0 Å². The number of hydrogen-bond acceptors (Lipinski definition) is 3. The van der Waals surface area contributed by atoms with Crippen LogP contribution in [0.25, 0.3) is 22.2 Å². The number of amides is 2. The maximum absolute atomic E-state index is 13.8. The van der Waals surface area contributed by atoms with Gasteiger partial charge in [0, 0.05) is 35.2 Å². The van der Waals surface area contributed by atoms with Crippen molar-refractivity contribution in [2.24, 2.45) is 0 Å². The molecule has 3 unspecified atom stereocenters. The number of fused-ring (bicyclic) bond motifs is 2. The van der Waals surface area contributed by atoms with Gasteiger partial charge in [-0.1, -0.05) is 66.7 Å². The molecule has 0 aliphatic carbocycles. The number of nitrogens with one attached hydrogen (secondary N) is 2. The second kappa shape index (κ2) is 9.28. The van der Waals surface area contributed by atoms with Gasteiger partial charge in [0.2, 0.25) is 5.91 Å². The lowest BCUT2D eigenvalue weighted by atomic mass is 9.92. The summed E-state index contributed by atoms with van der Waals surface area (Å²) in [6, 6.07) is 25.0. The van der Waals surface area contributed by atoms with Crippen LogP contribution in [0.15, 0.2) is 78.9 Å². The second-order valence-electron chi connectivity index (χ2n) is 9.58. The fraction of sp³-hybridized carbons (Fsp3) is 0.267. The number of aromatic amines is 1. The summed E-state index contributed by atoms with van der Waals surface area (Å²) < 4.78 is 5.67. The zero-order chi connectivity index (χ0) is 24.6. The molecule has 1 fully saturated rings. The van der Waals surface area contributed by atoms with Crippen LogP contribution in [0.4, 0.5) is 0 Å². The first-order valence-electron chi connectivity index (χ1n) is 12.6. The van der Waals surface area contributed by atoms with Crippen molar-refractivity contribution >= 4 is 22.7 Å². The number of aromatic nitrogens is 1. The predicted molar refractivity (Wildman–Crippen MR) is 140 cm³/mol. The summed E-state index contributed by atoms with van der Waals surface area (Å²) in [5.41, 5.74) is 5.57. The average Bonchev–Trinajstić information content (AvgIpc) is 3.64. The molecule has 3 heterocycles. The molecule has 2 amide bonds. The van der Waals surface area contributed by atoms with E-state index >= 15 is 0 Å². The highest BCUT2D eigenvalue weighted by Crippen LogP contribution is 2.46. The normalized spacial score (nSPS) is 20.0. The number of carbonyl (C=O) groups excluding carboxylic acids is 2. The third kappa shape index (κ3) is 3.78. The van der Waals surface area contributed by atoms with E-state index in [2.05, 4.69) is 34.6 Å². The summed E-state index contributed by atoms with van der Waals surface area (Å²) in [7, 11) is 0. The summed E-state index contributed by atoms with van der Waals surface area (Å²) in [5.74, 6) is -0.294. The summed E-state index contributed by atoms with van der Waals surface area (Å²) in [6.07, 6.45) is 2.00. The van der Waals surface area contributed by atoms with Crippen LogP contribution >= 0.6 is 0 Å².